The number of fused-ring (bicyclic) bond motifs is 1. The molecule has 3 aromatic rings. The van der Waals surface area contributed by atoms with Gasteiger partial charge in [-0.3, -0.25) is 19.3 Å². The van der Waals surface area contributed by atoms with Crippen molar-refractivity contribution in [2.24, 2.45) is 0 Å². The van der Waals surface area contributed by atoms with Crippen molar-refractivity contribution in [1.29, 1.82) is 5.26 Å². The van der Waals surface area contributed by atoms with E-state index < -0.39 is 12.0 Å². The molecule has 0 saturated heterocycles. The number of rotatable bonds is 8. The minimum Gasteiger partial charge on any atom is -0.466 e. The fourth-order valence-corrected chi connectivity index (χ4v) is 4.55. The number of carbonyl (C=O) groups excluding carboxylic acids is 3. The second-order valence-electron chi connectivity index (χ2n) is 9.02. The molecule has 1 atom stereocenters. The molecule has 1 aliphatic rings. The van der Waals surface area contributed by atoms with E-state index in [-0.39, 0.29) is 31.4 Å². The van der Waals surface area contributed by atoms with Crippen molar-refractivity contribution in [3.05, 3.63) is 95.1 Å². The Morgan fingerprint density at radius 1 is 1.00 bits per heavy atom. The fourth-order valence-electron chi connectivity index (χ4n) is 4.55. The molecule has 37 heavy (non-hydrogen) atoms. The van der Waals surface area contributed by atoms with Gasteiger partial charge < -0.3 is 9.64 Å². The number of para-hydroxylation sites is 1. The van der Waals surface area contributed by atoms with Gasteiger partial charge in [0.1, 0.15) is 6.54 Å². The minimum absolute atomic E-state index is 0.00243. The maximum absolute atomic E-state index is 13.8. The van der Waals surface area contributed by atoms with Crippen molar-refractivity contribution in [3.8, 4) is 6.07 Å². The molecule has 188 valence electrons. The molecule has 7 heteroatoms. The van der Waals surface area contributed by atoms with Crippen LogP contribution in [0.25, 0.3) is 0 Å². The highest BCUT2D eigenvalue weighted by molar-refractivity contribution is 6.13. The minimum atomic E-state index is -0.517. The summed E-state index contributed by atoms with van der Waals surface area (Å²) in [5.74, 6) is -0.963. The van der Waals surface area contributed by atoms with Crippen LogP contribution in [0.4, 0.5) is 11.4 Å². The number of hydrogen-bond donors (Lipinski definition) is 0. The monoisotopic (exact) mass is 495 g/mol. The van der Waals surface area contributed by atoms with Gasteiger partial charge in [-0.25, -0.2) is 0 Å². The van der Waals surface area contributed by atoms with Gasteiger partial charge in [-0.1, -0.05) is 36.4 Å². The first-order valence-electron chi connectivity index (χ1n) is 12.4. The van der Waals surface area contributed by atoms with Gasteiger partial charge in [0.2, 0.25) is 0 Å². The standard InChI is InChI=1S/C30H29N3O4/c1-3-37-29(35)16-21(2)32-20-28(34)33(25-10-5-4-6-11-25)27-15-14-23(18-26(27)30(32)36)13-12-22-8-7-9-24(17-22)19-31/h4-11,14-15,17-18,21H,3,12-13,16,20H2,1-2H3. The Kier molecular flexibility index (Phi) is 7.99. The van der Waals surface area contributed by atoms with Gasteiger partial charge in [0.05, 0.1) is 35.9 Å². The van der Waals surface area contributed by atoms with E-state index >= 15 is 0 Å². The number of nitriles is 1. The number of nitrogens with zero attached hydrogens (tertiary/aromatic N) is 3. The van der Waals surface area contributed by atoms with Gasteiger partial charge in [-0.2, -0.15) is 5.26 Å². The Hall–Kier alpha value is -4.44. The van der Waals surface area contributed by atoms with Gasteiger partial charge in [-0.05, 0) is 74.2 Å². The molecular formula is C30H29N3O4. The van der Waals surface area contributed by atoms with Crippen LogP contribution in [0, 0.1) is 11.3 Å². The molecule has 2 amide bonds. The van der Waals surface area contributed by atoms with Crippen LogP contribution in [0.3, 0.4) is 0 Å². The van der Waals surface area contributed by atoms with E-state index in [0.29, 0.717) is 35.3 Å². The number of ether oxygens (including phenoxy) is 1. The van der Waals surface area contributed by atoms with E-state index in [1.165, 1.54) is 4.90 Å². The highest BCUT2D eigenvalue weighted by atomic mass is 16.5. The summed E-state index contributed by atoms with van der Waals surface area (Å²) < 4.78 is 5.07. The maximum atomic E-state index is 13.8. The summed E-state index contributed by atoms with van der Waals surface area (Å²) in [6, 6.07) is 23.9. The highest BCUT2D eigenvalue weighted by Crippen LogP contribution is 2.34. The summed E-state index contributed by atoms with van der Waals surface area (Å²) in [6.45, 7) is 3.59. The third kappa shape index (κ3) is 5.87. The Bertz CT molecular complexity index is 1350. The molecule has 1 heterocycles. The van der Waals surface area contributed by atoms with Gasteiger partial charge in [-0.15, -0.1) is 0 Å². The summed E-state index contributed by atoms with van der Waals surface area (Å²) in [7, 11) is 0. The second kappa shape index (κ2) is 11.5. The summed E-state index contributed by atoms with van der Waals surface area (Å²) in [4.78, 5) is 42.5. The van der Waals surface area contributed by atoms with E-state index in [4.69, 9.17) is 4.74 Å². The van der Waals surface area contributed by atoms with Crippen LogP contribution >= 0.6 is 0 Å². The van der Waals surface area contributed by atoms with Crippen molar-refractivity contribution in [1.82, 2.24) is 4.90 Å². The largest absolute Gasteiger partial charge is 0.466 e. The Labute approximate surface area is 216 Å². The number of carbonyl (C=O) groups is 3. The summed E-state index contributed by atoms with van der Waals surface area (Å²) >= 11 is 0. The molecule has 1 unspecified atom stereocenters. The molecule has 0 radical (unpaired) electrons. The van der Waals surface area contributed by atoms with Crippen LogP contribution < -0.4 is 4.90 Å². The van der Waals surface area contributed by atoms with E-state index in [2.05, 4.69) is 6.07 Å². The average Bonchev–Trinajstić information content (AvgIpc) is 3.02. The lowest BCUT2D eigenvalue weighted by molar-refractivity contribution is -0.144. The normalized spacial score (nSPS) is 14.0. The highest BCUT2D eigenvalue weighted by Gasteiger charge is 2.35. The predicted octanol–water partition coefficient (Wildman–Crippen LogP) is 4.81. The second-order valence-corrected chi connectivity index (χ2v) is 9.02. The number of aryl methyl sites for hydroxylation is 2. The molecule has 1 aliphatic heterocycles. The lowest BCUT2D eigenvalue weighted by Crippen LogP contribution is -2.43. The zero-order valence-corrected chi connectivity index (χ0v) is 21.0. The Morgan fingerprint density at radius 3 is 2.43 bits per heavy atom. The molecule has 0 bridgehead atoms. The smallest absolute Gasteiger partial charge is 0.307 e. The quantitative estimate of drug-likeness (QED) is 0.419. The zero-order chi connectivity index (χ0) is 26.4. The van der Waals surface area contributed by atoms with Crippen LogP contribution in [0.1, 0.15) is 47.3 Å². The SMILES string of the molecule is CCOC(=O)CC(C)N1CC(=O)N(c2ccccc2)c2ccc(CCc3cccc(C#N)c3)cc2C1=O. The lowest BCUT2D eigenvalue weighted by atomic mass is 9.99. The van der Waals surface area contributed by atoms with Gasteiger partial charge in [0.15, 0.2) is 0 Å². The number of esters is 1. The molecule has 0 N–H and O–H groups in total. The fraction of sp³-hybridized carbons (Fsp3) is 0.267. The van der Waals surface area contributed by atoms with Crippen molar-refractivity contribution < 1.29 is 19.1 Å². The van der Waals surface area contributed by atoms with Gasteiger partial charge >= 0.3 is 5.97 Å². The number of hydrogen-bond acceptors (Lipinski definition) is 5. The summed E-state index contributed by atoms with van der Waals surface area (Å²) in [6.07, 6.45) is 1.36. The third-order valence-electron chi connectivity index (χ3n) is 6.42. The Balaban J connectivity index is 1.69. The predicted molar refractivity (Wildman–Crippen MR) is 140 cm³/mol. The first kappa shape index (κ1) is 25.6. The number of amides is 2. The first-order valence-corrected chi connectivity index (χ1v) is 12.4. The topological polar surface area (TPSA) is 90.7 Å². The van der Waals surface area contributed by atoms with Crippen LogP contribution in [0.5, 0.6) is 0 Å². The van der Waals surface area contributed by atoms with Crippen LogP contribution in [0.2, 0.25) is 0 Å². The molecule has 0 fully saturated rings. The summed E-state index contributed by atoms with van der Waals surface area (Å²) in [5, 5.41) is 9.18. The molecule has 3 aromatic carbocycles. The molecule has 4 rings (SSSR count). The van der Waals surface area contributed by atoms with E-state index in [1.807, 2.05) is 66.7 Å². The van der Waals surface area contributed by atoms with Gasteiger partial charge in [0, 0.05) is 11.7 Å². The molecule has 0 spiro atoms. The van der Waals surface area contributed by atoms with E-state index in [0.717, 1.165) is 11.1 Å². The van der Waals surface area contributed by atoms with E-state index in [9.17, 15) is 19.6 Å². The zero-order valence-electron chi connectivity index (χ0n) is 21.0. The Morgan fingerprint density at radius 2 is 1.73 bits per heavy atom. The first-order chi connectivity index (χ1) is 17.9. The molecule has 0 aliphatic carbocycles. The van der Waals surface area contributed by atoms with Crippen LogP contribution in [0.15, 0.2) is 72.8 Å². The maximum Gasteiger partial charge on any atom is 0.307 e. The average molecular weight is 496 g/mol. The van der Waals surface area contributed by atoms with E-state index in [1.54, 1.807) is 24.8 Å². The van der Waals surface area contributed by atoms with Gasteiger partial charge in [0.25, 0.3) is 11.8 Å². The number of anilines is 2. The van der Waals surface area contributed by atoms with Crippen molar-refractivity contribution in [2.45, 2.75) is 39.2 Å². The lowest BCUT2D eigenvalue weighted by Gasteiger charge is -2.27. The molecule has 7 nitrogen and oxygen atoms in total. The molecule has 0 aromatic heterocycles. The number of benzene rings is 3. The van der Waals surface area contributed by atoms with Crippen molar-refractivity contribution in [3.63, 3.8) is 0 Å². The van der Waals surface area contributed by atoms with Crippen LogP contribution in [-0.4, -0.2) is 41.9 Å². The molecule has 0 saturated carbocycles. The third-order valence-corrected chi connectivity index (χ3v) is 6.42. The van der Waals surface area contributed by atoms with Crippen LogP contribution in [-0.2, 0) is 27.2 Å². The molecular weight excluding hydrogens is 466 g/mol. The van der Waals surface area contributed by atoms with Crippen molar-refractivity contribution >= 4 is 29.2 Å². The van der Waals surface area contributed by atoms with Crippen molar-refractivity contribution in [2.75, 3.05) is 18.1 Å². The summed E-state index contributed by atoms with van der Waals surface area (Å²) in [5.41, 5.74) is 4.18.